The molecular formula is C15H12Cl2O2S. The Morgan fingerprint density at radius 1 is 1.15 bits per heavy atom. The molecule has 0 bridgehead atoms. The van der Waals surface area contributed by atoms with Gasteiger partial charge in [-0.1, -0.05) is 53.5 Å². The summed E-state index contributed by atoms with van der Waals surface area (Å²) in [6, 6.07) is 14.3. The van der Waals surface area contributed by atoms with Gasteiger partial charge in [0.1, 0.15) is 0 Å². The van der Waals surface area contributed by atoms with Gasteiger partial charge in [-0.3, -0.25) is 4.79 Å². The summed E-state index contributed by atoms with van der Waals surface area (Å²) in [5.74, 6) is -1.02. The number of hydrogen-bond donors (Lipinski definition) is 1. The third kappa shape index (κ3) is 3.92. The monoisotopic (exact) mass is 326 g/mol. The summed E-state index contributed by atoms with van der Waals surface area (Å²) in [5, 5.41) is 10.5. The molecule has 0 aromatic heterocycles. The lowest BCUT2D eigenvalue weighted by Gasteiger charge is -2.13. The standard InChI is InChI=1S/C15H12Cl2O2S/c16-11-6-7-13(17)14(8-11)20-9-12(15(18)19)10-4-2-1-3-5-10/h1-8,12H,9H2,(H,18,19). The van der Waals surface area contributed by atoms with E-state index >= 15 is 0 Å². The Labute approximate surface area is 131 Å². The molecule has 0 amide bonds. The van der Waals surface area contributed by atoms with Crippen LogP contribution in [-0.4, -0.2) is 16.8 Å². The average Bonchev–Trinajstić information content (AvgIpc) is 2.43. The van der Waals surface area contributed by atoms with Crippen LogP contribution in [0, 0.1) is 0 Å². The second kappa shape index (κ2) is 7.02. The van der Waals surface area contributed by atoms with Crippen LogP contribution < -0.4 is 0 Å². The Hall–Kier alpha value is -1.16. The lowest BCUT2D eigenvalue weighted by molar-refractivity contribution is -0.138. The molecule has 0 heterocycles. The van der Waals surface area contributed by atoms with Gasteiger partial charge >= 0.3 is 5.97 Å². The van der Waals surface area contributed by atoms with Crippen molar-refractivity contribution in [1.29, 1.82) is 0 Å². The van der Waals surface area contributed by atoms with E-state index in [2.05, 4.69) is 0 Å². The molecule has 1 unspecified atom stereocenters. The fourth-order valence-corrected chi connectivity index (χ4v) is 3.37. The summed E-state index contributed by atoms with van der Waals surface area (Å²) in [6.45, 7) is 0. The number of benzene rings is 2. The quantitative estimate of drug-likeness (QED) is 0.789. The predicted octanol–water partition coefficient (Wildman–Crippen LogP) is 4.95. The van der Waals surface area contributed by atoms with Crippen LogP contribution in [0.25, 0.3) is 0 Å². The van der Waals surface area contributed by atoms with Gasteiger partial charge in [-0.15, -0.1) is 11.8 Å². The lowest BCUT2D eigenvalue weighted by Crippen LogP contribution is -2.14. The van der Waals surface area contributed by atoms with Crippen LogP contribution in [0.4, 0.5) is 0 Å². The van der Waals surface area contributed by atoms with Crippen molar-refractivity contribution in [2.45, 2.75) is 10.8 Å². The highest BCUT2D eigenvalue weighted by molar-refractivity contribution is 7.99. The molecule has 2 aromatic carbocycles. The van der Waals surface area contributed by atoms with Gasteiger partial charge in [-0.25, -0.2) is 0 Å². The van der Waals surface area contributed by atoms with E-state index in [-0.39, 0.29) is 0 Å². The number of carboxylic acid groups (broad SMARTS) is 1. The van der Waals surface area contributed by atoms with E-state index < -0.39 is 11.9 Å². The number of carbonyl (C=O) groups is 1. The van der Waals surface area contributed by atoms with E-state index in [9.17, 15) is 9.90 Å². The van der Waals surface area contributed by atoms with Crippen molar-refractivity contribution in [3.8, 4) is 0 Å². The maximum Gasteiger partial charge on any atom is 0.311 e. The summed E-state index contributed by atoms with van der Waals surface area (Å²) < 4.78 is 0. The third-order valence-electron chi connectivity index (χ3n) is 2.80. The van der Waals surface area contributed by atoms with Crippen molar-refractivity contribution in [1.82, 2.24) is 0 Å². The van der Waals surface area contributed by atoms with Crippen molar-refractivity contribution >= 4 is 40.9 Å². The van der Waals surface area contributed by atoms with Gasteiger partial charge < -0.3 is 5.11 Å². The van der Waals surface area contributed by atoms with Crippen molar-refractivity contribution in [3.05, 3.63) is 64.1 Å². The molecule has 0 saturated carbocycles. The van der Waals surface area contributed by atoms with Crippen LogP contribution in [-0.2, 0) is 4.79 Å². The first kappa shape index (κ1) is 15.2. The molecule has 5 heteroatoms. The van der Waals surface area contributed by atoms with Gasteiger partial charge in [0.15, 0.2) is 0 Å². The van der Waals surface area contributed by atoms with Gasteiger partial charge in [0.05, 0.1) is 10.9 Å². The molecule has 1 atom stereocenters. The van der Waals surface area contributed by atoms with E-state index in [0.717, 1.165) is 10.5 Å². The molecule has 104 valence electrons. The molecule has 0 radical (unpaired) electrons. The largest absolute Gasteiger partial charge is 0.481 e. The highest BCUT2D eigenvalue weighted by Gasteiger charge is 2.20. The second-order valence-electron chi connectivity index (χ2n) is 4.19. The summed E-state index contributed by atoms with van der Waals surface area (Å²) in [7, 11) is 0. The first-order valence-corrected chi connectivity index (χ1v) is 7.67. The topological polar surface area (TPSA) is 37.3 Å². The summed E-state index contributed by atoms with van der Waals surface area (Å²) in [4.78, 5) is 12.2. The number of thioether (sulfide) groups is 1. The van der Waals surface area contributed by atoms with Crippen LogP contribution >= 0.6 is 35.0 Å². The zero-order chi connectivity index (χ0) is 14.5. The maximum absolute atomic E-state index is 11.4. The second-order valence-corrected chi connectivity index (χ2v) is 6.09. The first-order chi connectivity index (χ1) is 9.58. The van der Waals surface area contributed by atoms with Gasteiger partial charge in [-0.05, 0) is 23.8 Å². The van der Waals surface area contributed by atoms with Gasteiger partial charge in [0, 0.05) is 15.7 Å². The third-order valence-corrected chi connectivity index (χ3v) is 4.62. The molecule has 0 aliphatic carbocycles. The molecule has 0 fully saturated rings. The molecule has 20 heavy (non-hydrogen) atoms. The van der Waals surface area contributed by atoms with E-state index in [0.29, 0.717) is 15.8 Å². The van der Waals surface area contributed by atoms with Crippen molar-refractivity contribution in [3.63, 3.8) is 0 Å². The number of halogens is 2. The Morgan fingerprint density at radius 2 is 1.85 bits per heavy atom. The molecule has 1 N–H and O–H groups in total. The van der Waals surface area contributed by atoms with Gasteiger partial charge in [0.2, 0.25) is 0 Å². The Kier molecular flexibility index (Phi) is 5.35. The Morgan fingerprint density at radius 3 is 2.50 bits per heavy atom. The Balaban J connectivity index is 2.14. The van der Waals surface area contributed by atoms with E-state index in [1.807, 2.05) is 30.3 Å². The summed E-state index contributed by atoms with van der Waals surface area (Å²) in [6.07, 6.45) is 0. The van der Waals surface area contributed by atoms with E-state index in [1.165, 1.54) is 11.8 Å². The molecule has 2 rings (SSSR count). The van der Waals surface area contributed by atoms with Crippen LogP contribution in [0.3, 0.4) is 0 Å². The minimum atomic E-state index is -0.846. The molecule has 2 nitrogen and oxygen atoms in total. The predicted molar refractivity (Wildman–Crippen MR) is 84.0 cm³/mol. The van der Waals surface area contributed by atoms with Gasteiger partial charge in [0.25, 0.3) is 0 Å². The molecule has 0 saturated heterocycles. The first-order valence-electron chi connectivity index (χ1n) is 5.93. The van der Waals surface area contributed by atoms with Crippen molar-refractivity contribution in [2.24, 2.45) is 0 Å². The summed E-state index contributed by atoms with van der Waals surface area (Å²) in [5.41, 5.74) is 0.783. The van der Waals surface area contributed by atoms with Crippen LogP contribution in [0.15, 0.2) is 53.4 Å². The fourth-order valence-electron chi connectivity index (χ4n) is 1.76. The SMILES string of the molecule is O=C(O)C(CSc1cc(Cl)ccc1Cl)c1ccccc1. The van der Waals surface area contributed by atoms with E-state index in [1.54, 1.807) is 18.2 Å². The molecule has 0 spiro atoms. The van der Waals surface area contributed by atoms with Crippen molar-refractivity contribution in [2.75, 3.05) is 5.75 Å². The summed E-state index contributed by atoms with van der Waals surface area (Å²) >= 11 is 13.4. The van der Waals surface area contributed by atoms with E-state index in [4.69, 9.17) is 23.2 Å². The molecule has 0 aliphatic heterocycles. The fraction of sp³-hybridized carbons (Fsp3) is 0.133. The van der Waals surface area contributed by atoms with Crippen LogP contribution in [0.1, 0.15) is 11.5 Å². The molecule has 0 aliphatic rings. The Bertz CT molecular complexity index is 602. The van der Waals surface area contributed by atoms with Crippen molar-refractivity contribution < 1.29 is 9.90 Å². The maximum atomic E-state index is 11.4. The lowest BCUT2D eigenvalue weighted by atomic mass is 10.0. The minimum absolute atomic E-state index is 0.402. The molecule has 2 aromatic rings. The van der Waals surface area contributed by atoms with Gasteiger partial charge in [-0.2, -0.15) is 0 Å². The zero-order valence-electron chi connectivity index (χ0n) is 10.4. The average molecular weight is 327 g/mol. The minimum Gasteiger partial charge on any atom is -0.481 e. The van der Waals surface area contributed by atoms with Crippen LogP contribution in [0.2, 0.25) is 10.0 Å². The number of carboxylic acids is 1. The highest BCUT2D eigenvalue weighted by Crippen LogP contribution is 2.33. The molecular weight excluding hydrogens is 315 g/mol. The zero-order valence-corrected chi connectivity index (χ0v) is 12.8. The van der Waals surface area contributed by atoms with Crippen LogP contribution in [0.5, 0.6) is 0 Å². The normalized spacial score (nSPS) is 12.1. The number of aliphatic carboxylic acids is 1. The smallest absolute Gasteiger partial charge is 0.311 e. The highest BCUT2D eigenvalue weighted by atomic mass is 35.5. The number of rotatable bonds is 5. The number of hydrogen-bond acceptors (Lipinski definition) is 2.